The molecule has 5 nitrogen and oxygen atoms in total. The van der Waals surface area contributed by atoms with E-state index in [4.69, 9.17) is 16.1 Å². The standard InChI is InChI=1S/C11H10ClN3O2/c1-7-14-10(15-17-7)6-13-11(16)8-2-4-9(12)5-3-8/h2-5H,6H2,1H3,(H,13,16). The third kappa shape index (κ3) is 3.04. The maximum absolute atomic E-state index is 11.7. The highest BCUT2D eigenvalue weighted by molar-refractivity contribution is 6.30. The van der Waals surface area contributed by atoms with E-state index in [0.717, 1.165) is 0 Å². The van der Waals surface area contributed by atoms with E-state index in [0.29, 0.717) is 22.3 Å². The third-order valence-corrected chi connectivity index (χ3v) is 2.34. The Bertz CT molecular complexity index is 522. The number of amides is 1. The fourth-order valence-electron chi connectivity index (χ4n) is 1.28. The molecule has 0 aliphatic rings. The van der Waals surface area contributed by atoms with Crippen molar-refractivity contribution in [3.05, 3.63) is 46.6 Å². The molecular weight excluding hydrogens is 242 g/mol. The smallest absolute Gasteiger partial charge is 0.251 e. The van der Waals surface area contributed by atoms with Crippen LogP contribution in [0.4, 0.5) is 0 Å². The number of nitrogens with zero attached hydrogens (tertiary/aromatic N) is 2. The molecule has 6 heteroatoms. The molecular formula is C11H10ClN3O2. The van der Waals surface area contributed by atoms with Gasteiger partial charge in [0.2, 0.25) is 5.89 Å². The van der Waals surface area contributed by atoms with Crippen LogP contribution in [0.15, 0.2) is 28.8 Å². The molecule has 2 aromatic rings. The second-order valence-corrected chi connectivity index (χ2v) is 3.86. The van der Waals surface area contributed by atoms with Crippen molar-refractivity contribution in [1.29, 1.82) is 0 Å². The third-order valence-electron chi connectivity index (χ3n) is 2.08. The van der Waals surface area contributed by atoms with Gasteiger partial charge in [0, 0.05) is 17.5 Å². The van der Waals surface area contributed by atoms with Crippen LogP contribution < -0.4 is 5.32 Å². The van der Waals surface area contributed by atoms with Crippen molar-refractivity contribution in [3.8, 4) is 0 Å². The molecule has 2 rings (SSSR count). The first-order valence-electron chi connectivity index (χ1n) is 4.98. The van der Waals surface area contributed by atoms with E-state index in [1.54, 1.807) is 31.2 Å². The van der Waals surface area contributed by atoms with Crippen LogP contribution in [0.3, 0.4) is 0 Å². The van der Waals surface area contributed by atoms with Gasteiger partial charge < -0.3 is 9.84 Å². The summed E-state index contributed by atoms with van der Waals surface area (Å²) >= 11 is 5.73. The number of benzene rings is 1. The average molecular weight is 252 g/mol. The number of carbonyl (C=O) groups is 1. The summed E-state index contributed by atoms with van der Waals surface area (Å²) in [5.41, 5.74) is 0.537. The molecule has 0 saturated heterocycles. The van der Waals surface area contributed by atoms with E-state index in [2.05, 4.69) is 15.5 Å². The van der Waals surface area contributed by atoms with Crippen molar-refractivity contribution in [2.75, 3.05) is 0 Å². The van der Waals surface area contributed by atoms with Gasteiger partial charge in [-0.3, -0.25) is 4.79 Å². The highest BCUT2D eigenvalue weighted by Gasteiger charge is 2.07. The van der Waals surface area contributed by atoms with Gasteiger partial charge in [0.1, 0.15) is 0 Å². The van der Waals surface area contributed by atoms with Gasteiger partial charge in [-0.2, -0.15) is 4.98 Å². The lowest BCUT2D eigenvalue weighted by Crippen LogP contribution is -2.23. The topological polar surface area (TPSA) is 68.0 Å². The number of aryl methyl sites for hydroxylation is 1. The van der Waals surface area contributed by atoms with Gasteiger partial charge in [-0.25, -0.2) is 0 Å². The van der Waals surface area contributed by atoms with Gasteiger partial charge in [-0.1, -0.05) is 16.8 Å². The van der Waals surface area contributed by atoms with Crippen molar-refractivity contribution in [1.82, 2.24) is 15.5 Å². The fourth-order valence-corrected chi connectivity index (χ4v) is 1.40. The molecule has 0 radical (unpaired) electrons. The van der Waals surface area contributed by atoms with Crippen LogP contribution in [-0.2, 0) is 6.54 Å². The SMILES string of the molecule is Cc1nc(CNC(=O)c2ccc(Cl)cc2)no1. The Labute approximate surface area is 103 Å². The lowest BCUT2D eigenvalue weighted by molar-refractivity contribution is 0.0949. The van der Waals surface area contributed by atoms with Crippen LogP contribution in [0.5, 0.6) is 0 Å². The molecule has 0 spiro atoms. The Kier molecular flexibility index (Phi) is 3.39. The zero-order chi connectivity index (χ0) is 12.3. The van der Waals surface area contributed by atoms with E-state index in [1.165, 1.54) is 0 Å². The summed E-state index contributed by atoms with van der Waals surface area (Å²) in [6.07, 6.45) is 0. The molecule has 1 N–H and O–H groups in total. The van der Waals surface area contributed by atoms with Crippen LogP contribution in [0.2, 0.25) is 5.02 Å². The largest absolute Gasteiger partial charge is 0.345 e. The maximum atomic E-state index is 11.7. The Hall–Kier alpha value is -1.88. The zero-order valence-corrected chi connectivity index (χ0v) is 9.86. The summed E-state index contributed by atoms with van der Waals surface area (Å²) in [4.78, 5) is 15.7. The minimum atomic E-state index is -0.205. The lowest BCUT2D eigenvalue weighted by atomic mass is 10.2. The summed E-state index contributed by atoms with van der Waals surface area (Å²) in [6, 6.07) is 6.63. The van der Waals surface area contributed by atoms with Gasteiger partial charge in [0.25, 0.3) is 5.91 Å². The number of aromatic nitrogens is 2. The molecule has 1 heterocycles. The van der Waals surface area contributed by atoms with Crippen molar-refractivity contribution in [2.24, 2.45) is 0 Å². The predicted octanol–water partition coefficient (Wildman–Crippen LogP) is 1.96. The molecule has 88 valence electrons. The van der Waals surface area contributed by atoms with Gasteiger partial charge in [-0.15, -0.1) is 0 Å². The molecule has 1 aromatic heterocycles. The van der Waals surface area contributed by atoms with E-state index in [9.17, 15) is 4.79 Å². The molecule has 0 aliphatic carbocycles. The highest BCUT2D eigenvalue weighted by atomic mass is 35.5. The monoisotopic (exact) mass is 251 g/mol. The first-order valence-corrected chi connectivity index (χ1v) is 5.36. The Balaban J connectivity index is 1.95. The molecule has 0 atom stereocenters. The zero-order valence-electron chi connectivity index (χ0n) is 9.11. The van der Waals surface area contributed by atoms with Crippen LogP contribution in [0, 0.1) is 6.92 Å². The minimum absolute atomic E-state index is 0.205. The normalized spacial score (nSPS) is 10.2. The van der Waals surface area contributed by atoms with Crippen molar-refractivity contribution in [3.63, 3.8) is 0 Å². The second-order valence-electron chi connectivity index (χ2n) is 3.42. The first kappa shape index (κ1) is 11.6. The average Bonchev–Trinajstić information content (AvgIpc) is 2.73. The highest BCUT2D eigenvalue weighted by Crippen LogP contribution is 2.09. The summed E-state index contributed by atoms with van der Waals surface area (Å²) < 4.78 is 4.79. The van der Waals surface area contributed by atoms with E-state index in [-0.39, 0.29) is 12.5 Å². The molecule has 17 heavy (non-hydrogen) atoms. The maximum Gasteiger partial charge on any atom is 0.251 e. The minimum Gasteiger partial charge on any atom is -0.345 e. The van der Waals surface area contributed by atoms with Gasteiger partial charge in [0.15, 0.2) is 5.82 Å². The van der Waals surface area contributed by atoms with Gasteiger partial charge in [-0.05, 0) is 24.3 Å². The van der Waals surface area contributed by atoms with Crippen molar-refractivity contribution < 1.29 is 9.32 Å². The number of nitrogens with one attached hydrogen (secondary N) is 1. The predicted molar refractivity (Wildman–Crippen MR) is 61.7 cm³/mol. The molecule has 1 aromatic carbocycles. The first-order chi connectivity index (χ1) is 8.15. The number of halogens is 1. The van der Waals surface area contributed by atoms with E-state index >= 15 is 0 Å². The molecule has 0 fully saturated rings. The number of rotatable bonds is 3. The summed E-state index contributed by atoms with van der Waals surface area (Å²) in [7, 11) is 0. The number of carbonyl (C=O) groups excluding carboxylic acids is 1. The van der Waals surface area contributed by atoms with Crippen LogP contribution in [0.1, 0.15) is 22.1 Å². The van der Waals surface area contributed by atoms with E-state index < -0.39 is 0 Å². The Morgan fingerprint density at radius 3 is 2.71 bits per heavy atom. The number of hydrogen-bond donors (Lipinski definition) is 1. The fraction of sp³-hybridized carbons (Fsp3) is 0.182. The van der Waals surface area contributed by atoms with Crippen LogP contribution in [-0.4, -0.2) is 16.0 Å². The molecule has 1 amide bonds. The summed E-state index contributed by atoms with van der Waals surface area (Å²) in [5, 5.41) is 6.95. The van der Waals surface area contributed by atoms with Crippen LogP contribution in [0.25, 0.3) is 0 Å². The quantitative estimate of drug-likeness (QED) is 0.906. The van der Waals surface area contributed by atoms with Crippen LogP contribution >= 0.6 is 11.6 Å². The summed E-state index contributed by atoms with van der Waals surface area (Å²) in [5.74, 6) is 0.717. The summed E-state index contributed by atoms with van der Waals surface area (Å²) in [6.45, 7) is 1.93. The Morgan fingerprint density at radius 2 is 2.12 bits per heavy atom. The van der Waals surface area contributed by atoms with E-state index in [1.807, 2.05) is 0 Å². The van der Waals surface area contributed by atoms with Gasteiger partial charge >= 0.3 is 0 Å². The van der Waals surface area contributed by atoms with Crippen molar-refractivity contribution >= 4 is 17.5 Å². The number of hydrogen-bond acceptors (Lipinski definition) is 4. The lowest BCUT2D eigenvalue weighted by Gasteiger charge is -2.02. The molecule has 0 unspecified atom stereocenters. The molecule has 0 aliphatic heterocycles. The van der Waals surface area contributed by atoms with Gasteiger partial charge in [0.05, 0.1) is 6.54 Å². The van der Waals surface area contributed by atoms with Crippen molar-refractivity contribution in [2.45, 2.75) is 13.5 Å². The molecule has 0 saturated carbocycles. The second kappa shape index (κ2) is 4.97. The molecule has 0 bridgehead atoms. The Morgan fingerprint density at radius 1 is 1.41 bits per heavy atom.